The summed E-state index contributed by atoms with van der Waals surface area (Å²) in [5.74, 6) is -1.50. The monoisotopic (exact) mass is 363 g/mol. The van der Waals surface area contributed by atoms with E-state index in [-0.39, 0.29) is 24.4 Å². The standard InChI is InChI=1S/C17H21N3O6/c1-5-26-16(21)13-10(2)18-11(3)15(20(23)24)14(13)12-6-8-19(9-7-12)17(22)25-4/h6-8,14,18H,5,9H2,1-4H3. The molecule has 0 saturated heterocycles. The van der Waals surface area contributed by atoms with Gasteiger partial charge in [-0.2, -0.15) is 0 Å². The van der Waals surface area contributed by atoms with E-state index in [9.17, 15) is 19.7 Å². The molecule has 1 atom stereocenters. The van der Waals surface area contributed by atoms with Crippen molar-refractivity contribution in [3.8, 4) is 0 Å². The van der Waals surface area contributed by atoms with Crippen LogP contribution in [-0.2, 0) is 14.3 Å². The highest BCUT2D eigenvalue weighted by molar-refractivity contribution is 5.92. The fourth-order valence-electron chi connectivity index (χ4n) is 3.00. The molecule has 0 fully saturated rings. The third-order valence-corrected chi connectivity index (χ3v) is 4.13. The Morgan fingerprint density at radius 2 is 2.08 bits per heavy atom. The van der Waals surface area contributed by atoms with Gasteiger partial charge in [0.25, 0.3) is 5.70 Å². The summed E-state index contributed by atoms with van der Waals surface area (Å²) in [6.45, 7) is 5.27. The second kappa shape index (κ2) is 7.85. The molecule has 2 aliphatic rings. The number of ether oxygens (including phenoxy) is 2. The van der Waals surface area contributed by atoms with Gasteiger partial charge in [-0.25, -0.2) is 9.59 Å². The van der Waals surface area contributed by atoms with Crippen LogP contribution in [-0.4, -0.2) is 42.1 Å². The lowest BCUT2D eigenvalue weighted by atomic mass is 9.83. The molecule has 1 N–H and O–H groups in total. The van der Waals surface area contributed by atoms with E-state index < -0.39 is 22.9 Å². The van der Waals surface area contributed by atoms with Gasteiger partial charge in [-0.1, -0.05) is 6.08 Å². The molecule has 1 unspecified atom stereocenters. The van der Waals surface area contributed by atoms with Gasteiger partial charge in [0.1, 0.15) is 5.92 Å². The zero-order valence-corrected chi connectivity index (χ0v) is 15.1. The van der Waals surface area contributed by atoms with Crippen LogP contribution in [0.1, 0.15) is 20.8 Å². The molecule has 140 valence electrons. The fraction of sp³-hybridized carbons (Fsp3) is 0.412. The summed E-state index contributed by atoms with van der Waals surface area (Å²) in [5.41, 5.74) is 1.46. The van der Waals surface area contributed by atoms with Crippen LogP contribution in [0.5, 0.6) is 0 Å². The summed E-state index contributed by atoms with van der Waals surface area (Å²) in [6, 6.07) is 0. The van der Waals surface area contributed by atoms with Gasteiger partial charge in [-0.15, -0.1) is 0 Å². The lowest BCUT2D eigenvalue weighted by Gasteiger charge is -2.29. The average Bonchev–Trinajstić information content (AvgIpc) is 2.60. The number of carbonyl (C=O) groups excluding carboxylic acids is 2. The van der Waals surface area contributed by atoms with Crippen molar-refractivity contribution >= 4 is 12.1 Å². The zero-order chi connectivity index (χ0) is 19.4. The quantitative estimate of drug-likeness (QED) is 0.462. The number of esters is 1. The molecule has 0 radical (unpaired) electrons. The molecule has 1 amide bonds. The first-order valence-corrected chi connectivity index (χ1v) is 8.04. The lowest BCUT2D eigenvalue weighted by molar-refractivity contribution is -0.433. The molecule has 26 heavy (non-hydrogen) atoms. The predicted molar refractivity (Wildman–Crippen MR) is 92.0 cm³/mol. The number of hydrogen-bond acceptors (Lipinski definition) is 7. The number of allylic oxidation sites excluding steroid dienone is 4. The molecule has 0 bridgehead atoms. The number of rotatable bonds is 4. The number of methoxy groups -OCH3 is 1. The molecule has 2 rings (SSSR count). The van der Waals surface area contributed by atoms with Gasteiger partial charge in [0.2, 0.25) is 0 Å². The molecule has 0 aromatic rings. The van der Waals surface area contributed by atoms with Crippen molar-refractivity contribution in [3.05, 3.63) is 56.7 Å². The second-order valence-corrected chi connectivity index (χ2v) is 5.73. The molecule has 0 aromatic heterocycles. The summed E-state index contributed by atoms with van der Waals surface area (Å²) in [4.78, 5) is 36.5. The Bertz CT molecular complexity index is 762. The fourth-order valence-corrected chi connectivity index (χ4v) is 3.00. The molecule has 2 aliphatic heterocycles. The Morgan fingerprint density at radius 3 is 2.58 bits per heavy atom. The first-order chi connectivity index (χ1) is 12.3. The van der Waals surface area contributed by atoms with Crippen molar-refractivity contribution in [3.63, 3.8) is 0 Å². The first kappa shape index (κ1) is 19.2. The molecule has 9 heteroatoms. The van der Waals surface area contributed by atoms with Gasteiger partial charge < -0.3 is 14.8 Å². The van der Waals surface area contributed by atoms with Crippen molar-refractivity contribution in [2.75, 3.05) is 20.3 Å². The number of carbonyl (C=O) groups is 2. The Labute approximate surface area is 150 Å². The smallest absolute Gasteiger partial charge is 0.413 e. The van der Waals surface area contributed by atoms with Gasteiger partial charge >= 0.3 is 12.1 Å². The Morgan fingerprint density at radius 1 is 1.38 bits per heavy atom. The Balaban J connectivity index is 2.48. The predicted octanol–water partition coefficient (Wildman–Crippen LogP) is 2.07. The third-order valence-electron chi connectivity index (χ3n) is 4.13. The number of nitrogens with zero attached hydrogens (tertiary/aromatic N) is 2. The maximum absolute atomic E-state index is 12.5. The van der Waals surface area contributed by atoms with Gasteiger partial charge in [0, 0.05) is 18.4 Å². The minimum atomic E-state index is -0.888. The summed E-state index contributed by atoms with van der Waals surface area (Å²) >= 11 is 0. The van der Waals surface area contributed by atoms with E-state index in [1.165, 1.54) is 18.2 Å². The average molecular weight is 363 g/mol. The first-order valence-electron chi connectivity index (χ1n) is 8.04. The van der Waals surface area contributed by atoms with Crippen LogP contribution >= 0.6 is 0 Å². The van der Waals surface area contributed by atoms with Crippen molar-refractivity contribution in [1.82, 2.24) is 10.2 Å². The van der Waals surface area contributed by atoms with Crippen LogP contribution in [0.3, 0.4) is 0 Å². The van der Waals surface area contributed by atoms with Crippen LogP contribution in [0.2, 0.25) is 0 Å². The van der Waals surface area contributed by atoms with Crippen LogP contribution in [0.15, 0.2) is 46.6 Å². The molecular formula is C17H21N3O6. The Kier molecular flexibility index (Phi) is 5.81. The number of dihydropyridines is 1. The highest BCUT2D eigenvalue weighted by Crippen LogP contribution is 2.37. The largest absolute Gasteiger partial charge is 0.463 e. The SMILES string of the molecule is CCOC(=O)C1=C(C)NC(C)=C([N+](=O)[O-])C1C1=CCN(C(=O)OC)C=C1. The van der Waals surface area contributed by atoms with Crippen molar-refractivity contribution in [2.24, 2.45) is 5.92 Å². The summed E-state index contributed by atoms with van der Waals surface area (Å²) in [7, 11) is 1.27. The van der Waals surface area contributed by atoms with E-state index >= 15 is 0 Å². The number of nitrogens with one attached hydrogen (secondary N) is 1. The van der Waals surface area contributed by atoms with E-state index in [2.05, 4.69) is 10.1 Å². The van der Waals surface area contributed by atoms with Crippen molar-refractivity contribution in [1.29, 1.82) is 0 Å². The van der Waals surface area contributed by atoms with E-state index in [4.69, 9.17) is 4.74 Å². The second-order valence-electron chi connectivity index (χ2n) is 5.73. The molecule has 9 nitrogen and oxygen atoms in total. The van der Waals surface area contributed by atoms with Crippen LogP contribution < -0.4 is 5.32 Å². The van der Waals surface area contributed by atoms with Crippen LogP contribution in [0.25, 0.3) is 0 Å². The highest BCUT2D eigenvalue weighted by atomic mass is 16.6. The summed E-state index contributed by atoms with van der Waals surface area (Å²) in [6.07, 6.45) is 4.17. The van der Waals surface area contributed by atoms with E-state index in [1.807, 2.05) is 0 Å². The van der Waals surface area contributed by atoms with E-state index in [0.717, 1.165) is 0 Å². The summed E-state index contributed by atoms with van der Waals surface area (Å²) in [5, 5.41) is 14.6. The third kappa shape index (κ3) is 3.61. The minimum absolute atomic E-state index is 0.124. The van der Waals surface area contributed by atoms with Gasteiger partial charge in [0.15, 0.2) is 0 Å². The van der Waals surface area contributed by atoms with Gasteiger partial charge in [-0.05, 0) is 32.4 Å². The number of amides is 1. The lowest BCUT2D eigenvalue weighted by Crippen LogP contribution is -2.35. The van der Waals surface area contributed by atoms with Gasteiger partial charge in [-0.3, -0.25) is 15.0 Å². The van der Waals surface area contributed by atoms with E-state index in [0.29, 0.717) is 17.0 Å². The highest BCUT2D eigenvalue weighted by Gasteiger charge is 2.41. The normalized spacial score (nSPS) is 19.8. The van der Waals surface area contributed by atoms with Gasteiger partial charge in [0.05, 0.1) is 29.9 Å². The minimum Gasteiger partial charge on any atom is -0.463 e. The van der Waals surface area contributed by atoms with Crippen LogP contribution in [0, 0.1) is 16.0 Å². The maximum atomic E-state index is 12.5. The van der Waals surface area contributed by atoms with Crippen molar-refractivity contribution < 1.29 is 24.0 Å². The molecule has 0 aliphatic carbocycles. The van der Waals surface area contributed by atoms with Crippen LogP contribution in [0.4, 0.5) is 4.79 Å². The molecule has 0 saturated carbocycles. The van der Waals surface area contributed by atoms with Crippen molar-refractivity contribution in [2.45, 2.75) is 20.8 Å². The molecular weight excluding hydrogens is 342 g/mol. The number of hydrogen-bond donors (Lipinski definition) is 1. The molecule has 2 heterocycles. The zero-order valence-electron chi connectivity index (χ0n) is 15.1. The Hall–Kier alpha value is -3.10. The maximum Gasteiger partial charge on any atom is 0.413 e. The number of nitro groups is 1. The van der Waals surface area contributed by atoms with E-state index in [1.54, 1.807) is 32.9 Å². The molecule has 0 aromatic carbocycles. The molecule has 0 spiro atoms. The summed E-state index contributed by atoms with van der Waals surface area (Å²) < 4.78 is 9.75. The topological polar surface area (TPSA) is 111 Å².